The molecule has 1 aliphatic carbocycles. The average Bonchev–Trinajstić information content (AvgIpc) is 3.66. The van der Waals surface area contributed by atoms with E-state index in [0.717, 1.165) is 77.2 Å². The summed E-state index contributed by atoms with van der Waals surface area (Å²) in [5, 5.41) is 2.80. The first-order valence-electron chi connectivity index (χ1n) is 19.7. The van der Waals surface area contributed by atoms with Crippen LogP contribution in [-0.2, 0) is 45.4 Å². The van der Waals surface area contributed by atoms with Crippen LogP contribution < -0.4 is 10.2 Å². The maximum Gasteiger partial charge on any atom is 0.294 e. The number of rotatable bonds is 14. The number of fused-ring (bicyclic) bond motifs is 2. The molecule has 0 unspecified atom stereocenters. The largest absolute Gasteiger partial charge is 0.354 e. The van der Waals surface area contributed by atoms with Gasteiger partial charge in [0, 0.05) is 73.4 Å². The number of nitrogens with one attached hydrogen (secondary N) is 1. The van der Waals surface area contributed by atoms with Crippen molar-refractivity contribution >= 4 is 55.0 Å². The summed E-state index contributed by atoms with van der Waals surface area (Å²) in [5.74, 6) is -0.544. The fraction of sp³-hybridized carbons (Fsp3) is 0.442. The molecule has 3 heterocycles. The maximum atomic E-state index is 12.5. The van der Waals surface area contributed by atoms with Gasteiger partial charge in [0.15, 0.2) is 5.71 Å². The standard InChI is InChI=1S/C43H52N4O9S2/c1-42(2)33-27-31(57(51,52)53)15-17-35(33)45(5)37(42)19-13-29-10-9-11-30(26-29)14-20-38-43(3,4)34-28-32(58(54,55)56)16-18-36(34)46(38)24-8-6-7-12-39(48)44-23-25-47-40(49)21-22-41(47)50/h13-20,26-28H,6-12,21-25H2,1-5H3,(H2-,44,48,51,52,53,54,55,56)/p+1. The molecular weight excluding hydrogens is 781 g/mol. The Morgan fingerprint density at radius 1 is 0.793 bits per heavy atom. The summed E-state index contributed by atoms with van der Waals surface area (Å²) < 4.78 is 69.6. The van der Waals surface area contributed by atoms with Crippen molar-refractivity contribution in [2.45, 2.75) is 106 Å². The number of amides is 3. The summed E-state index contributed by atoms with van der Waals surface area (Å²) in [6, 6.07) is 9.38. The van der Waals surface area contributed by atoms with Crippen LogP contribution in [0.5, 0.6) is 0 Å². The van der Waals surface area contributed by atoms with Gasteiger partial charge < -0.3 is 10.2 Å². The van der Waals surface area contributed by atoms with E-state index in [4.69, 9.17) is 0 Å². The summed E-state index contributed by atoms with van der Waals surface area (Å²) in [7, 11) is -6.81. The topological polar surface area (TPSA) is 181 Å². The normalized spacial score (nSPS) is 20.4. The Labute approximate surface area is 341 Å². The molecule has 2 aromatic rings. The molecule has 3 amide bonds. The van der Waals surface area contributed by atoms with Crippen molar-refractivity contribution < 1.29 is 44.9 Å². The lowest BCUT2D eigenvalue weighted by Gasteiger charge is -2.27. The molecule has 2 aromatic carbocycles. The Bertz CT molecular complexity index is 2410. The van der Waals surface area contributed by atoms with E-state index in [1.807, 2.05) is 39.3 Å². The molecule has 6 rings (SSSR count). The van der Waals surface area contributed by atoms with Crippen molar-refractivity contribution in [3.63, 3.8) is 0 Å². The summed E-state index contributed by atoms with van der Waals surface area (Å²) >= 11 is 0. The van der Waals surface area contributed by atoms with Gasteiger partial charge in [0.25, 0.3) is 20.2 Å². The second kappa shape index (κ2) is 16.5. The number of imide groups is 1. The monoisotopic (exact) mass is 833 g/mol. The van der Waals surface area contributed by atoms with E-state index in [2.05, 4.69) is 40.6 Å². The van der Waals surface area contributed by atoms with Crippen molar-refractivity contribution in [1.29, 1.82) is 0 Å². The molecule has 1 saturated heterocycles. The van der Waals surface area contributed by atoms with E-state index in [-0.39, 0.29) is 53.4 Å². The highest BCUT2D eigenvalue weighted by Gasteiger charge is 2.44. The minimum absolute atomic E-state index is 0.131. The first-order valence-corrected chi connectivity index (χ1v) is 22.6. The van der Waals surface area contributed by atoms with Gasteiger partial charge in [-0.15, -0.1) is 0 Å². The molecule has 13 nitrogen and oxygen atoms in total. The second-order valence-electron chi connectivity index (χ2n) is 16.5. The highest BCUT2D eigenvalue weighted by Crippen LogP contribution is 2.49. The molecule has 58 heavy (non-hydrogen) atoms. The predicted molar refractivity (Wildman–Crippen MR) is 221 cm³/mol. The van der Waals surface area contributed by atoms with Crippen LogP contribution in [0.15, 0.2) is 93.4 Å². The number of hydrogen-bond acceptors (Lipinski definition) is 8. The van der Waals surface area contributed by atoms with Crippen molar-refractivity contribution in [2.75, 3.05) is 31.6 Å². The van der Waals surface area contributed by atoms with E-state index in [0.29, 0.717) is 19.4 Å². The summed E-state index contributed by atoms with van der Waals surface area (Å²) in [4.78, 5) is 39.2. The Kier molecular flexibility index (Phi) is 12.2. The quantitative estimate of drug-likeness (QED) is 0.0848. The predicted octanol–water partition coefficient (Wildman–Crippen LogP) is 6.29. The third-order valence-corrected chi connectivity index (χ3v) is 13.5. The highest BCUT2D eigenvalue weighted by molar-refractivity contribution is 7.86. The molecule has 3 aliphatic heterocycles. The van der Waals surface area contributed by atoms with Gasteiger partial charge >= 0.3 is 0 Å². The zero-order chi connectivity index (χ0) is 42.2. The van der Waals surface area contributed by atoms with Gasteiger partial charge in [0.1, 0.15) is 7.05 Å². The minimum Gasteiger partial charge on any atom is -0.354 e. The minimum atomic E-state index is -4.42. The Morgan fingerprint density at radius 2 is 1.45 bits per heavy atom. The van der Waals surface area contributed by atoms with Crippen LogP contribution >= 0.6 is 0 Å². The van der Waals surface area contributed by atoms with Gasteiger partial charge in [-0.3, -0.25) is 28.4 Å². The molecule has 15 heteroatoms. The maximum absolute atomic E-state index is 12.5. The summed E-state index contributed by atoms with van der Waals surface area (Å²) in [6.07, 6.45) is 16.2. The fourth-order valence-electron chi connectivity index (χ4n) is 8.55. The van der Waals surface area contributed by atoms with Crippen LogP contribution in [0, 0.1) is 0 Å². The SMILES string of the molecule is C[N+]1=C(/C=C/C2=CC(=C/C=C3/N(CCCCCC(=O)NCCN4C(=O)CCC4=O)c4ccc(S(=O)(=O)O)cc4C3(C)C)CCC2)C(C)(C)c2cc(S(=O)(=O)O)ccc21. The van der Waals surface area contributed by atoms with Crippen LogP contribution in [0.3, 0.4) is 0 Å². The smallest absolute Gasteiger partial charge is 0.294 e. The molecule has 0 saturated carbocycles. The van der Waals surface area contributed by atoms with Crippen LogP contribution in [0.25, 0.3) is 0 Å². The van der Waals surface area contributed by atoms with Crippen molar-refractivity contribution in [3.8, 4) is 0 Å². The van der Waals surface area contributed by atoms with E-state index in [1.54, 1.807) is 24.3 Å². The zero-order valence-corrected chi connectivity index (χ0v) is 35.4. The first-order chi connectivity index (χ1) is 27.2. The number of nitrogens with zero attached hydrogens (tertiary/aromatic N) is 3. The Balaban J connectivity index is 1.16. The van der Waals surface area contributed by atoms with Gasteiger partial charge in [-0.05, 0) is 99.1 Å². The first kappa shape index (κ1) is 42.9. The van der Waals surface area contributed by atoms with Gasteiger partial charge in [0.05, 0.1) is 15.2 Å². The van der Waals surface area contributed by atoms with Crippen molar-refractivity contribution in [1.82, 2.24) is 10.2 Å². The second-order valence-corrected chi connectivity index (χ2v) is 19.3. The molecule has 4 aliphatic rings. The average molecular weight is 834 g/mol. The molecule has 0 spiro atoms. The number of carbonyl (C=O) groups excluding carboxylic acids is 3. The lowest BCUT2D eigenvalue weighted by atomic mass is 9.81. The Morgan fingerprint density at radius 3 is 2.12 bits per heavy atom. The Hall–Kier alpha value is -4.70. The van der Waals surface area contributed by atoms with Crippen molar-refractivity contribution in [2.24, 2.45) is 0 Å². The number of unbranched alkanes of at least 4 members (excludes halogenated alkanes) is 2. The highest BCUT2D eigenvalue weighted by atomic mass is 32.2. The van der Waals surface area contributed by atoms with Crippen molar-refractivity contribution in [3.05, 3.63) is 94.7 Å². The molecule has 0 radical (unpaired) electrons. The molecule has 310 valence electrons. The van der Waals surface area contributed by atoms with E-state index in [1.165, 1.54) is 17.0 Å². The summed E-state index contributed by atoms with van der Waals surface area (Å²) in [5.41, 5.74) is 6.50. The number of benzene rings is 2. The molecule has 3 N–H and O–H groups in total. The molecule has 0 atom stereocenters. The molecule has 1 fully saturated rings. The van der Waals surface area contributed by atoms with Crippen LogP contribution in [0.2, 0.25) is 0 Å². The summed E-state index contributed by atoms with van der Waals surface area (Å²) in [6.45, 7) is 9.17. The fourth-order valence-corrected chi connectivity index (χ4v) is 9.56. The molecule has 0 bridgehead atoms. The van der Waals surface area contributed by atoms with E-state index < -0.39 is 31.1 Å². The third-order valence-electron chi connectivity index (χ3n) is 11.8. The lowest BCUT2D eigenvalue weighted by Crippen LogP contribution is -2.37. The van der Waals surface area contributed by atoms with Gasteiger partial charge in [-0.25, -0.2) is 0 Å². The van der Waals surface area contributed by atoms with Crippen LogP contribution in [0.4, 0.5) is 11.4 Å². The number of anilines is 1. The molecule has 0 aromatic heterocycles. The van der Waals surface area contributed by atoms with Gasteiger partial charge in [0.2, 0.25) is 23.4 Å². The number of allylic oxidation sites excluding steroid dienone is 8. The van der Waals surface area contributed by atoms with Gasteiger partial charge in [-0.2, -0.15) is 21.4 Å². The van der Waals surface area contributed by atoms with Crippen LogP contribution in [0.1, 0.15) is 96.6 Å². The third kappa shape index (κ3) is 8.97. The van der Waals surface area contributed by atoms with Gasteiger partial charge in [-0.1, -0.05) is 38.5 Å². The number of hydrogen-bond donors (Lipinski definition) is 3. The number of likely N-dealkylation sites (tertiary alicyclic amines) is 1. The van der Waals surface area contributed by atoms with Crippen LogP contribution in [-0.4, -0.2) is 85.5 Å². The van der Waals surface area contributed by atoms with E-state index in [9.17, 15) is 40.3 Å². The molecular formula is C43H53N4O9S2+. The lowest BCUT2D eigenvalue weighted by molar-refractivity contribution is -0.401. The number of carbonyl (C=O) groups is 3. The van der Waals surface area contributed by atoms with E-state index >= 15 is 0 Å². The zero-order valence-electron chi connectivity index (χ0n) is 33.7.